The summed E-state index contributed by atoms with van der Waals surface area (Å²) in [5.41, 5.74) is 2.46. The van der Waals surface area contributed by atoms with Crippen LogP contribution in [0.1, 0.15) is 37.8 Å². The van der Waals surface area contributed by atoms with Crippen molar-refractivity contribution in [3.8, 4) is 0 Å². The zero-order valence-electron chi connectivity index (χ0n) is 16.4. The molecule has 2 N–H and O–H groups in total. The largest absolute Gasteiger partial charge is 0.357 e. The zero-order chi connectivity index (χ0) is 18.8. The highest BCUT2D eigenvalue weighted by molar-refractivity contribution is 5.79. The van der Waals surface area contributed by atoms with Crippen molar-refractivity contribution in [2.75, 3.05) is 31.6 Å². The SMILES string of the molecule is CCN(CC)c1ccc(CNC(=NC)NCC(C)c2ccccc2)cn1. The van der Waals surface area contributed by atoms with E-state index in [1.165, 1.54) is 5.56 Å². The number of nitrogens with zero attached hydrogens (tertiary/aromatic N) is 3. The number of nitrogens with one attached hydrogen (secondary N) is 2. The number of rotatable bonds is 8. The minimum Gasteiger partial charge on any atom is -0.357 e. The van der Waals surface area contributed by atoms with Crippen LogP contribution in [0.2, 0.25) is 0 Å². The van der Waals surface area contributed by atoms with Crippen LogP contribution in [0.25, 0.3) is 0 Å². The van der Waals surface area contributed by atoms with Crippen molar-refractivity contribution in [2.45, 2.75) is 33.2 Å². The van der Waals surface area contributed by atoms with E-state index in [9.17, 15) is 0 Å². The highest BCUT2D eigenvalue weighted by atomic mass is 15.2. The maximum Gasteiger partial charge on any atom is 0.191 e. The van der Waals surface area contributed by atoms with E-state index in [2.05, 4.69) is 82.7 Å². The minimum atomic E-state index is 0.421. The van der Waals surface area contributed by atoms with Gasteiger partial charge in [-0.05, 0) is 37.0 Å². The Morgan fingerprint density at radius 1 is 1.08 bits per heavy atom. The lowest BCUT2D eigenvalue weighted by Gasteiger charge is -2.20. The molecule has 0 bridgehead atoms. The van der Waals surface area contributed by atoms with E-state index in [1.807, 2.05) is 12.3 Å². The van der Waals surface area contributed by atoms with Crippen molar-refractivity contribution < 1.29 is 0 Å². The Morgan fingerprint density at radius 2 is 1.81 bits per heavy atom. The van der Waals surface area contributed by atoms with Crippen LogP contribution in [0.3, 0.4) is 0 Å². The van der Waals surface area contributed by atoms with Crippen molar-refractivity contribution in [1.29, 1.82) is 0 Å². The first-order valence-electron chi connectivity index (χ1n) is 9.37. The van der Waals surface area contributed by atoms with Crippen molar-refractivity contribution in [3.63, 3.8) is 0 Å². The average molecular weight is 354 g/mol. The van der Waals surface area contributed by atoms with E-state index >= 15 is 0 Å². The molecule has 0 saturated carbocycles. The van der Waals surface area contributed by atoms with Crippen LogP contribution in [0.15, 0.2) is 53.7 Å². The number of hydrogen-bond acceptors (Lipinski definition) is 3. The molecule has 1 unspecified atom stereocenters. The van der Waals surface area contributed by atoms with Gasteiger partial charge in [0, 0.05) is 39.4 Å². The number of aromatic nitrogens is 1. The van der Waals surface area contributed by atoms with E-state index < -0.39 is 0 Å². The molecule has 140 valence electrons. The van der Waals surface area contributed by atoms with Crippen LogP contribution >= 0.6 is 0 Å². The van der Waals surface area contributed by atoms with Crippen LogP contribution in [0, 0.1) is 0 Å². The van der Waals surface area contributed by atoms with Crippen LogP contribution in [-0.2, 0) is 6.54 Å². The summed E-state index contributed by atoms with van der Waals surface area (Å²) in [6.45, 7) is 9.98. The van der Waals surface area contributed by atoms with E-state index in [0.29, 0.717) is 12.5 Å². The van der Waals surface area contributed by atoms with Crippen molar-refractivity contribution in [1.82, 2.24) is 15.6 Å². The Balaban J connectivity index is 1.83. The highest BCUT2D eigenvalue weighted by Gasteiger charge is 2.07. The van der Waals surface area contributed by atoms with Gasteiger partial charge in [0.15, 0.2) is 5.96 Å². The second-order valence-electron chi connectivity index (χ2n) is 6.32. The van der Waals surface area contributed by atoms with Crippen molar-refractivity contribution in [2.24, 2.45) is 4.99 Å². The van der Waals surface area contributed by atoms with Gasteiger partial charge in [0.05, 0.1) is 0 Å². The van der Waals surface area contributed by atoms with Crippen molar-refractivity contribution in [3.05, 3.63) is 59.8 Å². The molecule has 5 nitrogen and oxygen atoms in total. The van der Waals surface area contributed by atoms with Gasteiger partial charge < -0.3 is 15.5 Å². The lowest BCUT2D eigenvalue weighted by molar-refractivity contribution is 0.698. The summed E-state index contributed by atoms with van der Waals surface area (Å²) in [5.74, 6) is 2.25. The molecule has 1 atom stereocenters. The number of aliphatic imine (C=N–C) groups is 1. The van der Waals surface area contributed by atoms with Crippen LogP contribution < -0.4 is 15.5 Å². The molecule has 26 heavy (non-hydrogen) atoms. The third-order valence-corrected chi connectivity index (χ3v) is 4.52. The lowest BCUT2D eigenvalue weighted by Crippen LogP contribution is -2.38. The molecule has 0 spiro atoms. The maximum absolute atomic E-state index is 4.56. The molecule has 5 heteroatoms. The molecule has 0 radical (unpaired) electrons. The van der Waals surface area contributed by atoms with Gasteiger partial charge in [0.1, 0.15) is 5.82 Å². The first kappa shape index (κ1) is 19.8. The quantitative estimate of drug-likeness (QED) is 0.564. The molecular weight excluding hydrogens is 322 g/mol. The molecule has 2 aromatic rings. The maximum atomic E-state index is 4.56. The molecule has 0 aliphatic rings. The number of guanidine groups is 1. The fraction of sp³-hybridized carbons (Fsp3) is 0.429. The molecule has 0 fully saturated rings. The van der Waals surface area contributed by atoms with Crippen LogP contribution in [-0.4, -0.2) is 37.6 Å². The van der Waals surface area contributed by atoms with Gasteiger partial charge in [-0.1, -0.05) is 43.3 Å². The molecule has 0 aliphatic carbocycles. The number of benzene rings is 1. The smallest absolute Gasteiger partial charge is 0.191 e. The summed E-state index contributed by atoms with van der Waals surface area (Å²) in [6, 6.07) is 14.7. The van der Waals surface area contributed by atoms with Gasteiger partial charge in [-0.2, -0.15) is 0 Å². The zero-order valence-corrected chi connectivity index (χ0v) is 16.4. The third kappa shape index (κ3) is 5.76. The second-order valence-corrected chi connectivity index (χ2v) is 6.32. The Morgan fingerprint density at radius 3 is 2.38 bits per heavy atom. The predicted molar refractivity (Wildman–Crippen MR) is 111 cm³/mol. The fourth-order valence-electron chi connectivity index (χ4n) is 2.81. The van der Waals surface area contributed by atoms with E-state index in [1.54, 1.807) is 7.05 Å². The summed E-state index contributed by atoms with van der Waals surface area (Å²) in [4.78, 5) is 11.1. The predicted octanol–water partition coefficient (Wildman–Crippen LogP) is 3.40. The molecule has 0 amide bonds. The fourth-order valence-corrected chi connectivity index (χ4v) is 2.81. The molecule has 1 heterocycles. The monoisotopic (exact) mass is 353 g/mol. The second kappa shape index (κ2) is 10.4. The number of pyridine rings is 1. The van der Waals surface area contributed by atoms with Gasteiger partial charge in [0.25, 0.3) is 0 Å². The third-order valence-electron chi connectivity index (χ3n) is 4.52. The number of hydrogen-bond donors (Lipinski definition) is 2. The van der Waals surface area contributed by atoms with Gasteiger partial charge in [-0.25, -0.2) is 4.98 Å². The Bertz CT molecular complexity index is 663. The summed E-state index contributed by atoms with van der Waals surface area (Å²) >= 11 is 0. The van der Waals surface area contributed by atoms with E-state index in [4.69, 9.17) is 0 Å². The van der Waals surface area contributed by atoms with Gasteiger partial charge in [0.2, 0.25) is 0 Å². The first-order valence-corrected chi connectivity index (χ1v) is 9.37. The summed E-state index contributed by atoms with van der Waals surface area (Å²) in [5, 5.41) is 6.75. The normalized spacial score (nSPS) is 12.5. The topological polar surface area (TPSA) is 52.5 Å². The van der Waals surface area contributed by atoms with Crippen LogP contribution in [0.5, 0.6) is 0 Å². The van der Waals surface area contributed by atoms with E-state index in [0.717, 1.165) is 37.0 Å². The molecular formula is C21H31N5. The minimum absolute atomic E-state index is 0.421. The number of anilines is 1. The molecule has 1 aromatic heterocycles. The molecule has 0 aliphatic heterocycles. The summed E-state index contributed by atoms with van der Waals surface area (Å²) < 4.78 is 0. The van der Waals surface area contributed by atoms with Crippen molar-refractivity contribution >= 4 is 11.8 Å². The molecule has 2 rings (SSSR count). The van der Waals surface area contributed by atoms with Crippen LogP contribution in [0.4, 0.5) is 5.82 Å². The highest BCUT2D eigenvalue weighted by Crippen LogP contribution is 2.13. The molecule has 1 aromatic carbocycles. The summed E-state index contributed by atoms with van der Waals surface area (Å²) in [6.07, 6.45) is 1.93. The Hall–Kier alpha value is -2.56. The van der Waals surface area contributed by atoms with Gasteiger partial charge in [-0.3, -0.25) is 4.99 Å². The lowest BCUT2D eigenvalue weighted by atomic mass is 10.0. The average Bonchev–Trinajstić information content (AvgIpc) is 2.70. The molecule has 0 saturated heterocycles. The van der Waals surface area contributed by atoms with E-state index in [-0.39, 0.29) is 0 Å². The van der Waals surface area contributed by atoms with Gasteiger partial charge in [-0.15, -0.1) is 0 Å². The van der Waals surface area contributed by atoms with Gasteiger partial charge >= 0.3 is 0 Å². The first-order chi connectivity index (χ1) is 12.7. The Labute approximate surface area is 157 Å². The standard InChI is InChI=1S/C21H31N5/c1-5-26(6-2)20-13-12-18(15-23-20)16-25-21(22-4)24-14-17(3)19-10-8-7-9-11-19/h7-13,15,17H,5-6,14,16H2,1-4H3,(H2,22,24,25). The summed E-state index contributed by atoms with van der Waals surface area (Å²) in [7, 11) is 1.80. The Kier molecular flexibility index (Phi) is 7.93.